The van der Waals surface area contributed by atoms with Gasteiger partial charge in [0.05, 0.1) is 13.2 Å². The molecule has 25 heavy (non-hydrogen) atoms. The number of rotatable bonds is 5. The van der Waals surface area contributed by atoms with Crippen molar-refractivity contribution in [3.05, 3.63) is 53.6 Å². The van der Waals surface area contributed by atoms with Gasteiger partial charge < -0.3 is 29.5 Å². The number of phenols is 2. The lowest BCUT2D eigenvalue weighted by atomic mass is 10.0. The summed E-state index contributed by atoms with van der Waals surface area (Å²) in [7, 11) is 1.63. The third-order valence-corrected chi connectivity index (χ3v) is 3.92. The van der Waals surface area contributed by atoms with Crippen LogP contribution in [-0.4, -0.2) is 41.7 Å². The SMILES string of the molecule is COC/C=C/c1ccc2c(c1)O[C@H](CO)[C@@H](c1ccc(O)c(O)c1)O2. The van der Waals surface area contributed by atoms with Crippen molar-refractivity contribution in [2.45, 2.75) is 12.2 Å². The van der Waals surface area contributed by atoms with Crippen LogP contribution in [0.15, 0.2) is 42.5 Å². The largest absolute Gasteiger partial charge is 0.504 e. The van der Waals surface area contributed by atoms with Crippen molar-refractivity contribution in [2.24, 2.45) is 0 Å². The monoisotopic (exact) mass is 344 g/mol. The van der Waals surface area contributed by atoms with Crippen LogP contribution in [0, 0.1) is 0 Å². The first-order valence-corrected chi connectivity index (χ1v) is 7.88. The molecule has 1 aliphatic heterocycles. The molecule has 0 saturated carbocycles. The molecule has 0 bridgehead atoms. The van der Waals surface area contributed by atoms with Crippen LogP contribution in [-0.2, 0) is 4.74 Å². The van der Waals surface area contributed by atoms with E-state index in [1.807, 2.05) is 24.3 Å². The lowest BCUT2D eigenvalue weighted by molar-refractivity contribution is -0.0124. The molecule has 0 unspecified atom stereocenters. The molecule has 2 atom stereocenters. The number of hydrogen-bond donors (Lipinski definition) is 3. The van der Waals surface area contributed by atoms with E-state index in [2.05, 4.69) is 0 Å². The van der Waals surface area contributed by atoms with E-state index >= 15 is 0 Å². The van der Waals surface area contributed by atoms with Crippen molar-refractivity contribution in [1.82, 2.24) is 0 Å². The third kappa shape index (κ3) is 3.70. The number of hydrogen-bond acceptors (Lipinski definition) is 6. The Kier molecular flexibility index (Phi) is 5.11. The van der Waals surface area contributed by atoms with Crippen LogP contribution in [0.25, 0.3) is 6.08 Å². The number of phenolic OH excluding ortho intramolecular Hbond substituents is 2. The van der Waals surface area contributed by atoms with Gasteiger partial charge in [0.2, 0.25) is 0 Å². The van der Waals surface area contributed by atoms with Crippen molar-refractivity contribution < 1.29 is 29.5 Å². The average Bonchev–Trinajstić information content (AvgIpc) is 2.63. The summed E-state index contributed by atoms with van der Waals surface area (Å²) < 4.78 is 16.8. The van der Waals surface area contributed by atoms with Gasteiger partial charge >= 0.3 is 0 Å². The van der Waals surface area contributed by atoms with Gasteiger partial charge in [0, 0.05) is 12.7 Å². The molecule has 2 aromatic carbocycles. The smallest absolute Gasteiger partial charge is 0.163 e. The number of aliphatic hydroxyl groups excluding tert-OH is 1. The Morgan fingerprint density at radius 1 is 1.04 bits per heavy atom. The zero-order chi connectivity index (χ0) is 17.8. The van der Waals surface area contributed by atoms with Crippen LogP contribution >= 0.6 is 0 Å². The summed E-state index contributed by atoms with van der Waals surface area (Å²) in [6, 6.07) is 9.91. The predicted octanol–water partition coefficient (Wildman–Crippen LogP) is 2.63. The minimum atomic E-state index is -0.630. The molecule has 6 heteroatoms. The second-order valence-corrected chi connectivity index (χ2v) is 5.69. The van der Waals surface area contributed by atoms with E-state index in [0.29, 0.717) is 23.7 Å². The zero-order valence-corrected chi connectivity index (χ0v) is 13.8. The van der Waals surface area contributed by atoms with E-state index in [4.69, 9.17) is 14.2 Å². The molecule has 0 spiro atoms. The molecule has 0 saturated heterocycles. The van der Waals surface area contributed by atoms with Gasteiger partial charge in [-0.25, -0.2) is 0 Å². The summed E-state index contributed by atoms with van der Waals surface area (Å²) in [6.45, 7) is 0.260. The van der Waals surface area contributed by atoms with Crippen LogP contribution in [0.4, 0.5) is 0 Å². The van der Waals surface area contributed by atoms with Crippen molar-refractivity contribution in [3.8, 4) is 23.0 Å². The minimum absolute atomic E-state index is 0.214. The molecule has 0 aromatic heterocycles. The summed E-state index contributed by atoms with van der Waals surface area (Å²) >= 11 is 0. The molecule has 0 amide bonds. The Labute approximate surface area is 145 Å². The molecular formula is C19H20O6. The molecular weight excluding hydrogens is 324 g/mol. The summed E-state index contributed by atoms with van der Waals surface area (Å²) in [5.41, 5.74) is 1.53. The summed E-state index contributed by atoms with van der Waals surface area (Å²) in [6.07, 6.45) is 2.57. The van der Waals surface area contributed by atoms with Crippen molar-refractivity contribution >= 4 is 6.08 Å². The quantitative estimate of drug-likeness (QED) is 0.723. The number of ether oxygens (including phenoxy) is 3. The van der Waals surface area contributed by atoms with Gasteiger partial charge in [-0.3, -0.25) is 0 Å². The van der Waals surface area contributed by atoms with Crippen molar-refractivity contribution in [1.29, 1.82) is 0 Å². The van der Waals surface area contributed by atoms with Gasteiger partial charge in [-0.2, -0.15) is 0 Å². The molecule has 1 heterocycles. The standard InChI is InChI=1S/C19H20O6/c1-23-8-2-3-12-4-7-16-17(9-12)24-18(11-20)19(25-16)13-5-6-14(21)15(22)10-13/h2-7,9-10,18-22H,8,11H2,1H3/b3-2+/t18-,19-/m1/s1. The number of aromatic hydroxyl groups is 2. The zero-order valence-electron chi connectivity index (χ0n) is 13.8. The van der Waals surface area contributed by atoms with Gasteiger partial charge in [0.15, 0.2) is 35.2 Å². The Bertz CT molecular complexity index is 771. The first-order chi connectivity index (χ1) is 12.1. The van der Waals surface area contributed by atoms with E-state index in [9.17, 15) is 15.3 Å². The second kappa shape index (κ2) is 7.46. The Hall–Kier alpha value is -2.70. The molecule has 132 valence electrons. The average molecular weight is 344 g/mol. The Morgan fingerprint density at radius 2 is 1.88 bits per heavy atom. The summed E-state index contributed by atoms with van der Waals surface area (Å²) in [5.74, 6) is 0.625. The second-order valence-electron chi connectivity index (χ2n) is 5.69. The summed E-state index contributed by atoms with van der Waals surface area (Å²) in [4.78, 5) is 0. The predicted molar refractivity (Wildman–Crippen MR) is 92.0 cm³/mol. The molecule has 0 aliphatic carbocycles. The maximum absolute atomic E-state index is 9.70. The van der Waals surface area contributed by atoms with Gasteiger partial charge in [0.25, 0.3) is 0 Å². The molecule has 3 N–H and O–H groups in total. The van der Waals surface area contributed by atoms with Gasteiger partial charge in [-0.05, 0) is 29.8 Å². The first kappa shape index (κ1) is 17.1. The number of methoxy groups -OCH3 is 1. The van der Waals surface area contributed by atoms with Crippen molar-refractivity contribution in [2.75, 3.05) is 20.3 Å². The highest BCUT2D eigenvalue weighted by atomic mass is 16.6. The van der Waals surface area contributed by atoms with Gasteiger partial charge in [0.1, 0.15) is 0 Å². The number of aliphatic hydroxyl groups is 1. The van der Waals surface area contributed by atoms with Crippen molar-refractivity contribution in [3.63, 3.8) is 0 Å². The van der Waals surface area contributed by atoms with E-state index in [1.54, 1.807) is 19.2 Å². The molecule has 6 nitrogen and oxygen atoms in total. The number of fused-ring (bicyclic) bond motifs is 1. The molecule has 2 aromatic rings. The third-order valence-electron chi connectivity index (χ3n) is 3.92. The highest BCUT2D eigenvalue weighted by Crippen LogP contribution is 2.41. The molecule has 0 radical (unpaired) electrons. The lowest BCUT2D eigenvalue weighted by Crippen LogP contribution is -2.36. The highest BCUT2D eigenvalue weighted by molar-refractivity contribution is 5.56. The van der Waals surface area contributed by atoms with Crippen LogP contribution < -0.4 is 9.47 Å². The topological polar surface area (TPSA) is 88.4 Å². The van der Waals surface area contributed by atoms with Gasteiger partial charge in [-0.1, -0.05) is 24.3 Å². The highest BCUT2D eigenvalue weighted by Gasteiger charge is 2.33. The van der Waals surface area contributed by atoms with Crippen LogP contribution in [0.3, 0.4) is 0 Å². The molecule has 3 rings (SSSR count). The Balaban J connectivity index is 1.87. The maximum atomic E-state index is 9.70. The van der Waals surface area contributed by atoms with E-state index < -0.39 is 12.2 Å². The maximum Gasteiger partial charge on any atom is 0.163 e. The van der Waals surface area contributed by atoms with Crippen LogP contribution in [0.1, 0.15) is 17.2 Å². The first-order valence-electron chi connectivity index (χ1n) is 7.88. The van der Waals surface area contributed by atoms with Crippen LogP contribution in [0.2, 0.25) is 0 Å². The van der Waals surface area contributed by atoms with E-state index in [1.165, 1.54) is 12.1 Å². The van der Waals surface area contributed by atoms with Gasteiger partial charge in [-0.15, -0.1) is 0 Å². The fourth-order valence-corrected chi connectivity index (χ4v) is 2.67. The molecule has 1 aliphatic rings. The normalized spacial score (nSPS) is 19.3. The molecule has 0 fully saturated rings. The van der Waals surface area contributed by atoms with Crippen LogP contribution in [0.5, 0.6) is 23.0 Å². The number of benzene rings is 2. The minimum Gasteiger partial charge on any atom is -0.504 e. The van der Waals surface area contributed by atoms with E-state index in [0.717, 1.165) is 5.56 Å². The Morgan fingerprint density at radius 3 is 2.60 bits per heavy atom. The lowest BCUT2D eigenvalue weighted by Gasteiger charge is -2.33. The fourth-order valence-electron chi connectivity index (χ4n) is 2.67. The van der Waals surface area contributed by atoms with E-state index in [-0.39, 0.29) is 18.1 Å². The summed E-state index contributed by atoms with van der Waals surface area (Å²) in [5, 5.41) is 28.8. The fraction of sp³-hybridized carbons (Fsp3) is 0.263.